The SMILES string of the molecule is COCC(C)NC(=O)CS(=O)(=O)c1nc(-c2ccccc2)cs1. The van der Waals surface area contributed by atoms with Gasteiger partial charge in [-0.3, -0.25) is 4.79 Å². The lowest BCUT2D eigenvalue weighted by Gasteiger charge is -2.12. The largest absolute Gasteiger partial charge is 0.383 e. The van der Waals surface area contributed by atoms with Crippen molar-refractivity contribution in [1.29, 1.82) is 0 Å². The zero-order chi connectivity index (χ0) is 16.9. The third kappa shape index (κ3) is 4.85. The van der Waals surface area contributed by atoms with Gasteiger partial charge in [-0.2, -0.15) is 0 Å². The first kappa shape index (κ1) is 17.6. The maximum absolute atomic E-state index is 12.3. The fourth-order valence-electron chi connectivity index (χ4n) is 1.98. The van der Waals surface area contributed by atoms with Crippen LogP contribution < -0.4 is 5.32 Å². The first-order valence-corrected chi connectivity index (χ1v) is 9.47. The molecule has 0 spiro atoms. The Bertz CT molecular complexity index is 757. The van der Waals surface area contributed by atoms with Crippen LogP contribution in [0.4, 0.5) is 0 Å². The van der Waals surface area contributed by atoms with Gasteiger partial charge in [-0.15, -0.1) is 11.3 Å². The number of ether oxygens (including phenoxy) is 1. The Balaban J connectivity index is 2.08. The number of nitrogens with one attached hydrogen (secondary N) is 1. The Kier molecular flexibility index (Phi) is 5.86. The number of benzene rings is 1. The predicted molar refractivity (Wildman–Crippen MR) is 89.1 cm³/mol. The first-order chi connectivity index (χ1) is 10.9. The van der Waals surface area contributed by atoms with Crippen LogP contribution in [-0.2, 0) is 19.4 Å². The predicted octanol–water partition coefficient (Wildman–Crippen LogP) is 1.73. The van der Waals surface area contributed by atoms with Gasteiger partial charge in [0.05, 0.1) is 12.3 Å². The summed E-state index contributed by atoms with van der Waals surface area (Å²) in [5.41, 5.74) is 1.42. The van der Waals surface area contributed by atoms with Crippen molar-refractivity contribution < 1.29 is 17.9 Å². The second-order valence-corrected chi connectivity index (χ2v) is 8.07. The molecule has 8 heteroatoms. The third-order valence-electron chi connectivity index (χ3n) is 2.96. The zero-order valence-corrected chi connectivity index (χ0v) is 14.5. The van der Waals surface area contributed by atoms with Gasteiger partial charge in [-0.25, -0.2) is 13.4 Å². The Morgan fingerprint density at radius 1 is 1.35 bits per heavy atom. The number of thiazole rings is 1. The van der Waals surface area contributed by atoms with Gasteiger partial charge in [0.25, 0.3) is 0 Å². The summed E-state index contributed by atoms with van der Waals surface area (Å²) in [5, 5.41) is 4.25. The molecule has 0 fully saturated rings. The van der Waals surface area contributed by atoms with Gasteiger partial charge < -0.3 is 10.1 Å². The van der Waals surface area contributed by atoms with Crippen LogP contribution in [0.15, 0.2) is 40.1 Å². The van der Waals surface area contributed by atoms with Crippen LogP contribution in [0.5, 0.6) is 0 Å². The van der Waals surface area contributed by atoms with E-state index in [2.05, 4.69) is 10.3 Å². The van der Waals surface area contributed by atoms with Gasteiger partial charge in [0.1, 0.15) is 5.75 Å². The average molecular weight is 354 g/mol. The van der Waals surface area contributed by atoms with Crippen molar-refractivity contribution in [2.45, 2.75) is 17.3 Å². The van der Waals surface area contributed by atoms with E-state index in [-0.39, 0.29) is 10.4 Å². The number of aromatic nitrogens is 1. The maximum atomic E-state index is 12.3. The van der Waals surface area contributed by atoms with Crippen LogP contribution in [0.2, 0.25) is 0 Å². The molecule has 1 N–H and O–H groups in total. The van der Waals surface area contributed by atoms with Crippen molar-refractivity contribution in [3.8, 4) is 11.3 Å². The minimum atomic E-state index is -3.75. The van der Waals surface area contributed by atoms with Crippen LogP contribution >= 0.6 is 11.3 Å². The number of hydrogen-bond acceptors (Lipinski definition) is 6. The summed E-state index contributed by atoms with van der Waals surface area (Å²) in [5.74, 6) is -1.19. The highest BCUT2D eigenvalue weighted by Crippen LogP contribution is 2.24. The lowest BCUT2D eigenvalue weighted by atomic mass is 10.2. The topological polar surface area (TPSA) is 85.4 Å². The molecular formula is C15H18N2O4S2. The second-order valence-electron chi connectivity index (χ2n) is 5.05. The van der Waals surface area contributed by atoms with Crippen molar-refractivity contribution in [2.75, 3.05) is 19.5 Å². The van der Waals surface area contributed by atoms with E-state index in [9.17, 15) is 13.2 Å². The van der Waals surface area contributed by atoms with Crippen LogP contribution in [-0.4, -0.2) is 44.8 Å². The molecule has 0 saturated carbocycles. The molecule has 0 radical (unpaired) electrons. The number of methoxy groups -OCH3 is 1. The van der Waals surface area contributed by atoms with E-state index < -0.39 is 21.5 Å². The van der Waals surface area contributed by atoms with Crippen LogP contribution in [0.1, 0.15) is 6.92 Å². The van der Waals surface area contributed by atoms with Gasteiger partial charge >= 0.3 is 0 Å². The molecular weight excluding hydrogens is 336 g/mol. The first-order valence-electron chi connectivity index (χ1n) is 6.94. The number of rotatable bonds is 7. The van der Waals surface area contributed by atoms with Crippen molar-refractivity contribution in [3.05, 3.63) is 35.7 Å². The van der Waals surface area contributed by atoms with Crippen molar-refractivity contribution in [3.63, 3.8) is 0 Å². The monoisotopic (exact) mass is 354 g/mol. The summed E-state index contributed by atoms with van der Waals surface area (Å²) >= 11 is 1.02. The maximum Gasteiger partial charge on any atom is 0.235 e. The smallest absolute Gasteiger partial charge is 0.235 e. The van der Waals surface area contributed by atoms with Gasteiger partial charge in [-0.05, 0) is 6.92 Å². The lowest BCUT2D eigenvalue weighted by Crippen LogP contribution is -2.39. The number of nitrogens with zero attached hydrogens (tertiary/aromatic N) is 1. The van der Waals surface area contributed by atoms with Gasteiger partial charge in [0.15, 0.2) is 0 Å². The zero-order valence-electron chi connectivity index (χ0n) is 12.9. The molecule has 0 aliphatic heterocycles. The van der Waals surface area contributed by atoms with Crippen molar-refractivity contribution in [2.24, 2.45) is 0 Å². The quantitative estimate of drug-likeness (QED) is 0.818. The number of hydrogen-bond donors (Lipinski definition) is 1. The van der Waals surface area contributed by atoms with Crippen LogP contribution in [0.3, 0.4) is 0 Å². The Hall–Kier alpha value is -1.77. The number of carbonyl (C=O) groups excluding carboxylic acids is 1. The molecule has 1 unspecified atom stereocenters. The molecule has 0 aliphatic rings. The van der Waals surface area contributed by atoms with Crippen molar-refractivity contribution in [1.82, 2.24) is 10.3 Å². The number of amides is 1. The molecule has 124 valence electrons. The summed E-state index contributed by atoms with van der Waals surface area (Å²) in [6, 6.07) is 9.04. The molecule has 1 atom stereocenters. The highest BCUT2D eigenvalue weighted by molar-refractivity contribution is 7.94. The minimum Gasteiger partial charge on any atom is -0.383 e. The summed E-state index contributed by atoms with van der Waals surface area (Å²) in [6.07, 6.45) is 0. The average Bonchev–Trinajstić information content (AvgIpc) is 2.98. The molecule has 0 aliphatic carbocycles. The number of carbonyl (C=O) groups is 1. The van der Waals surface area contributed by atoms with E-state index in [0.29, 0.717) is 12.3 Å². The number of sulfone groups is 1. The molecule has 6 nitrogen and oxygen atoms in total. The van der Waals surface area contributed by atoms with Crippen LogP contribution in [0, 0.1) is 0 Å². The fourth-order valence-corrected chi connectivity index (χ4v) is 4.23. The van der Waals surface area contributed by atoms with Gasteiger partial charge in [-0.1, -0.05) is 30.3 Å². The van der Waals surface area contributed by atoms with Gasteiger partial charge in [0, 0.05) is 24.1 Å². The highest BCUT2D eigenvalue weighted by Gasteiger charge is 2.24. The van der Waals surface area contributed by atoms with Crippen LogP contribution in [0.25, 0.3) is 11.3 Å². The van der Waals surface area contributed by atoms with E-state index in [1.807, 2.05) is 30.3 Å². The third-order valence-corrected chi connectivity index (χ3v) is 5.91. The fraction of sp³-hybridized carbons (Fsp3) is 0.333. The van der Waals surface area contributed by atoms with E-state index in [0.717, 1.165) is 16.9 Å². The summed E-state index contributed by atoms with van der Waals surface area (Å²) < 4.78 is 29.4. The van der Waals surface area contributed by atoms with E-state index in [4.69, 9.17) is 4.74 Å². The Labute approximate surface area is 139 Å². The second kappa shape index (κ2) is 7.67. The summed E-state index contributed by atoms with van der Waals surface area (Å²) in [7, 11) is -2.24. The van der Waals surface area contributed by atoms with Gasteiger partial charge in [0.2, 0.25) is 20.1 Å². The Morgan fingerprint density at radius 3 is 2.70 bits per heavy atom. The normalized spacial score (nSPS) is 12.8. The minimum absolute atomic E-state index is 0.0501. The summed E-state index contributed by atoms with van der Waals surface area (Å²) in [4.78, 5) is 16.0. The Morgan fingerprint density at radius 2 is 2.04 bits per heavy atom. The molecule has 0 saturated heterocycles. The van der Waals surface area contributed by atoms with Crippen molar-refractivity contribution >= 4 is 27.1 Å². The molecule has 2 aromatic rings. The molecule has 23 heavy (non-hydrogen) atoms. The van der Waals surface area contributed by atoms with E-state index in [1.165, 1.54) is 7.11 Å². The van der Waals surface area contributed by atoms with E-state index in [1.54, 1.807) is 12.3 Å². The molecule has 0 bridgehead atoms. The molecule has 1 heterocycles. The molecule has 1 aromatic heterocycles. The lowest BCUT2D eigenvalue weighted by molar-refractivity contribution is -0.119. The highest BCUT2D eigenvalue weighted by atomic mass is 32.2. The molecule has 2 rings (SSSR count). The molecule has 1 amide bonds. The molecule has 1 aromatic carbocycles. The summed E-state index contributed by atoms with van der Waals surface area (Å²) in [6.45, 7) is 2.06. The standard InChI is InChI=1S/C15H18N2O4S2/c1-11(8-21-2)16-14(18)10-23(19,20)15-17-13(9-22-15)12-6-4-3-5-7-12/h3-7,9,11H,8,10H2,1-2H3,(H,16,18). The van der Waals surface area contributed by atoms with E-state index >= 15 is 0 Å².